The van der Waals surface area contributed by atoms with Gasteiger partial charge in [-0.15, -0.1) is 0 Å². The second-order valence-corrected chi connectivity index (χ2v) is 9.14. The lowest BCUT2D eigenvalue weighted by molar-refractivity contribution is -0.138. The third-order valence-corrected chi connectivity index (χ3v) is 5.42. The van der Waals surface area contributed by atoms with Crippen molar-refractivity contribution in [1.29, 1.82) is 0 Å². The predicted molar refractivity (Wildman–Crippen MR) is 127 cm³/mol. The van der Waals surface area contributed by atoms with E-state index in [4.69, 9.17) is 4.74 Å². The zero-order chi connectivity index (χ0) is 24.2. The molecular weight excluding hydrogens is 422 g/mol. The lowest BCUT2D eigenvalue weighted by Crippen LogP contribution is -2.50. The third-order valence-electron chi connectivity index (χ3n) is 5.42. The van der Waals surface area contributed by atoms with Crippen molar-refractivity contribution in [2.75, 3.05) is 36.4 Å². The van der Waals surface area contributed by atoms with Gasteiger partial charge in [-0.1, -0.05) is 18.2 Å². The smallest absolute Gasteiger partial charge is 0.410 e. The number of piperazine rings is 1. The molecule has 33 heavy (non-hydrogen) atoms. The number of carbonyl (C=O) groups is 3. The minimum atomic E-state index is -0.919. The summed E-state index contributed by atoms with van der Waals surface area (Å²) in [6, 6.07) is 14.2. The number of rotatable bonds is 5. The van der Waals surface area contributed by atoms with E-state index >= 15 is 0 Å². The van der Waals surface area contributed by atoms with Crippen molar-refractivity contribution in [3.63, 3.8) is 0 Å². The Labute approximate surface area is 194 Å². The molecule has 1 saturated heterocycles. The van der Waals surface area contributed by atoms with E-state index in [0.717, 1.165) is 5.69 Å². The maximum absolute atomic E-state index is 12.8. The average molecular weight is 454 g/mol. The lowest BCUT2D eigenvalue weighted by atomic mass is 10.0. The molecule has 1 aliphatic heterocycles. The van der Waals surface area contributed by atoms with Crippen LogP contribution in [0.1, 0.15) is 49.5 Å². The van der Waals surface area contributed by atoms with Crippen LogP contribution in [-0.4, -0.2) is 59.8 Å². The molecule has 8 nitrogen and oxygen atoms in total. The van der Waals surface area contributed by atoms with Gasteiger partial charge in [-0.3, -0.25) is 9.59 Å². The molecule has 0 saturated carbocycles. The third kappa shape index (κ3) is 6.47. The van der Waals surface area contributed by atoms with Gasteiger partial charge in [0.15, 0.2) is 0 Å². The van der Waals surface area contributed by atoms with Gasteiger partial charge in [-0.05, 0) is 63.6 Å². The van der Waals surface area contributed by atoms with Crippen LogP contribution < -0.4 is 10.2 Å². The quantitative estimate of drug-likeness (QED) is 0.705. The Hall–Kier alpha value is -3.55. The minimum absolute atomic E-state index is 0.274. The summed E-state index contributed by atoms with van der Waals surface area (Å²) in [7, 11) is 0. The standard InChI is InChI=1S/C25H31N3O5/c1-17(23(30)31)18-7-5-9-20(15-18)26-22(29)19-8-6-10-21(16-19)27-11-13-28(14-12-27)24(32)33-25(2,3)4/h5-10,15-17H,11-14H2,1-4H3,(H,26,29)(H,30,31). The van der Waals surface area contributed by atoms with E-state index in [2.05, 4.69) is 10.2 Å². The zero-order valence-corrected chi connectivity index (χ0v) is 19.5. The van der Waals surface area contributed by atoms with Crippen molar-refractivity contribution in [2.24, 2.45) is 0 Å². The van der Waals surface area contributed by atoms with Crippen LogP contribution in [0.4, 0.5) is 16.2 Å². The van der Waals surface area contributed by atoms with E-state index in [1.807, 2.05) is 39.0 Å². The summed E-state index contributed by atoms with van der Waals surface area (Å²) < 4.78 is 5.44. The molecule has 2 aromatic carbocycles. The molecule has 1 heterocycles. The monoisotopic (exact) mass is 453 g/mol. The summed E-state index contributed by atoms with van der Waals surface area (Å²) in [4.78, 5) is 40.2. The molecule has 0 spiro atoms. The first kappa shape index (κ1) is 24.1. The Morgan fingerprint density at radius 2 is 1.67 bits per heavy atom. The van der Waals surface area contributed by atoms with Crippen molar-refractivity contribution in [2.45, 2.75) is 39.2 Å². The Kier molecular flexibility index (Phi) is 7.26. The highest BCUT2D eigenvalue weighted by molar-refractivity contribution is 6.04. The molecule has 0 aromatic heterocycles. The maximum atomic E-state index is 12.8. The average Bonchev–Trinajstić information content (AvgIpc) is 2.77. The fraction of sp³-hybridized carbons (Fsp3) is 0.400. The number of carboxylic acid groups (broad SMARTS) is 1. The van der Waals surface area contributed by atoms with Gasteiger partial charge in [-0.25, -0.2) is 4.79 Å². The van der Waals surface area contributed by atoms with Crippen LogP contribution >= 0.6 is 0 Å². The van der Waals surface area contributed by atoms with E-state index < -0.39 is 17.5 Å². The number of carbonyl (C=O) groups excluding carboxylic acids is 2. The van der Waals surface area contributed by atoms with Crippen LogP contribution in [0, 0.1) is 0 Å². The van der Waals surface area contributed by atoms with E-state index in [0.29, 0.717) is 43.0 Å². The zero-order valence-electron chi connectivity index (χ0n) is 19.5. The number of amides is 2. The fourth-order valence-corrected chi connectivity index (χ4v) is 3.55. The van der Waals surface area contributed by atoms with Crippen molar-refractivity contribution in [3.8, 4) is 0 Å². The van der Waals surface area contributed by atoms with Crippen LogP contribution in [-0.2, 0) is 9.53 Å². The number of nitrogens with zero attached hydrogens (tertiary/aromatic N) is 2. The number of nitrogens with one attached hydrogen (secondary N) is 1. The van der Waals surface area contributed by atoms with Crippen molar-refractivity contribution < 1.29 is 24.2 Å². The first-order valence-electron chi connectivity index (χ1n) is 11.0. The van der Waals surface area contributed by atoms with E-state index in [-0.39, 0.29) is 12.0 Å². The Balaban J connectivity index is 1.63. The molecule has 0 radical (unpaired) electrons. The number of benzene rings is 2. The van der Waals surface area contributed by atoms with Gasteiger partial charge < -0.3 is 25.0 Å². The Morgan fingerprint density at radius 3 is 2.30 bits per heavy atom. The first-order chi connectivity index (χ1) is 15.5. The lowest BCUT2D eigenvalue weighted by Gasteiger charge is -2.36. The molecule has 1 aliphatic rings. The summed E-state index contributed by atoms with van der Waals surface area (Å²) >= 11 is 0. The van der Waals surface area contributed by atoms with Crippen LogP contribution in [0.5, 0.6) is 0 Å². The Bertz CT molecular complexity index is 1020. The van der Waals surface area contributed by atoms with Crippen LogP contribution in [0.25, 0.3) is 0 Å². The van der Waals surface area contributed by atoms with Crippen molar-refractivity contribution >= 4 is 29.3 Å². The minimum Gasteiger partial charge on any atom is -0.481 e. The molecule has 0 bridgehead atoms. The molecule has 1 atom stereocenters. The number of hydrogen-bond acceptors (Lipinski definition) is 5. The van der Waals surface area contributed by atoms with Gasteiger partial charge in [-0.2, -0.15) is 0 Å². The highest BCUT2D eigenvalue weighted by Gasteiger charge is 2.26. The molecule has 1 unspecified atom stereocenters. The Morgan fingerprint density at radius 1 is 1.00 bits per heavy atom. The fourth-order valence-electron chi connectivity index (χ4n) is 3.55. The normalized spacial score (nSPS) is 15.0. The van der Waals surface area contributed by atoms with Gasteiger partial charge in [0.1, 0.15) is 5.60 Å². The summed E-state index contributed by atoms with van der Waals surface area (Å²) in [6.45, 7) is 9.51. The van der Waals surface area contributed by atoms with E-state index in [1.165, 1.54) is 0 Å². The topological polar surface area (TPSA) is 99.2 Å². The molecular formula is C25H31N3O5. The SMILES string of the molecule is CC(C(=O)O)c1cccc(NC(=O)c2cccc(N3CCN(C(=O)OC(C)(C)C)CC3)c2)c1. The molecule has 2 N–H and O–H groups in total. The number of carboxylic acids is 1. The first-order valence-corrected chi connectivity index (χ1v) is 11.0. The summed E-state index contributed by atoms with van der Waals surface area (Å²) in [5, 5.41) is 12.1. The molecule has 0 aliphatic carbocycles. The molecule has 8 heteroatoms. The van der Waals surface area contributed by atoms with Crippen LogP contribution in [0.15, 0.2) is 48.5 Å². The number of ether oxygens (including phenoxy) is 1. The molecule has 3 rings (SSSR count). The number of aliphatic carboxylic acids is 1. The van der Waals surface area contributed by atoms with Gasteiger partial charge in [0, 0.05) is 43.1 Å². The maximum Gasteiger partial charge on any atom is 0.410 e. The predicted octanol–water partition coefficient (Wildman–Crippen LogP) is 4.18. The van der Waals surface area contributed by atoms with Gasteiger partial charge in [0.2, 0.25) is 0 Å². The van der Waals surface area contributed by atoms with E-state index in [1.54, 1.807) is 42.2 Å². The number of anilines is 2. The largest absolute Gasteiger partial charge is 0.481 e. The van der Waals surface area contributed by atoms with Crippen molar-refractivity contribution in [1.82, 2.24) is 4.90 Å². The van der Waals surface area contributed by atoms with E-state index in [9.17, 15) is 19.5 Å². The highest BCUT2D eigenvalue weighted by atomic mass is 16.6. The summed E-state index contributed by atoms with van der Waals surface area (Å²) in [5.74, 6) is -1.85. The highest BCUT2D eigenvalue weighted by Crippen LogP contribution is 2.22. The van der Waals surface area contributed by atoms with Crippen LogP contribution in [0.3, 0.4) is 0 Å². The van der Waals surface area contributed by atoms with Crippen molar-refractivity contribution in [3.05, 3.63) is 59.7 Å². The van der Waals surface area contributed by atoms with Gasteiger partial charge in [0.25, 0.3) is 5.91 Å². The summed E-state index contributed by atoms with van der Waals surface area (Å²) in [5.41, 5.74) is 2.04. The molecule has 176 valence electrons. The molecule has 2 aromatic rings. The summed E-state index contributed by atoms with van der Waals surface area (Å²) in [6.07, 6.45) is -0.310. The van der Waals surface area contributed by atoms with Gasteiger partial charge >= 0.3 is 12.1 Å². The second kappa shape index (κ2) is 9.94. The second-order valence-electron chi connectivity index (χ2n) is 9.14. The molecule has 2 amide bonds. The van der Waals surface area contributed by atoms with Crippen LogP contribution in [0.2, 0.25) is 0 Å². The molecule has 1 fully saturated rings. The number of hydrogen-bond donors (Lipinski definition) is 2. The van der Waals surface area contributed by atoms with Gasteiger partial charge in [0.05, 0.1) is 5.92 Å².